The molecule has 174 valence electrons. The quantitative estimate of drug-likeness (QED) is 0.478. The topological polar surface area (TPSA) is 128 Å². The van der Waals surface area contributed by atoms with Crippen LogP contribution in [0.25, 0.3) is 11.0 Å². The number of rotatable bonds is 6. The van der Waals surface area contributed by atoms with Crippen molar-refractivity contribution in [2.24, 2.45) is 0 Å². The average Bonchev–Trinajstić information content (AvgIpc) is 3.29. The molecule has 3 N–H and O–H groups in total. The van der Waals surface area contributed by atoms with E-state index in [4.69, 9.17) is 23.4 Å². The summed E-state index contributed by atoms with van der Waals surface area (Å²) in [6, 6.07) is 12.0. The molecular weight excluding hydrogens is 432 g/mol. The highest BCUT2D eigenvalue weighted by molar-refractivity contribution is 6.01. The Labute approximate surface area is 189 Å². The number of ketones is 1. The zero-order valence-corrected chi connectivity index (χ0v) is 17.6. The first-order valence-electron chi connectivity index (χ1n) is 10.7. The number of ether oxygens (including phenoxy) is 4. The molecule has 33 heavy (non-hydrogen) atoms. The van der Waals surface area contributed by atoms with Gasteiger partial charge >= 0.3 is 0 Å². The Balaban J connectivity index is 1.32. The Morgan fingerprint density at radius 2 is 2.00 bits per heavy atom. The highest BCUT2D eigenvalue weighted by Gasteiger charge is 2.48. The lowest BCUT2D eigenvalue weighted by Gasteiger charge is -2.44. The Hall–Kier alpha value is -2.95. The number of carbonyl (C=O) groups is 1. The number of hydrogen-bond acceptors (Lipinski definition) is 9. The molecule has 0 spiro atoms. The van der Waals surface area contributed by atoms with E-state index in [-0.39, 0.29) is 42.7 Å². The van der Waals surface area contributed by atoms with Crippen molar-refractivity contribution in [3.8, 4) is 11.5 Å². The number of phenols is 1. The van der Waals surface area contributed by atoms with Crippen molar-refractivity contribution in [3.63, 3.8) is 0 Å². The zero-order valence-electron chi connectivity index (χ0n) is 17.6. The lowest BCUT2D eigenvalue weighted by Crippen LogP contribution is -2.62. The number of benzene rings is 2. The third kappa shape index (κ3) is 4.33. The van der Waals surface area contributed by atoms with Crippen molar-refractivity contribution >= 4 is 16.8 Å². The third-order valence-electron chi connectivity index (χ3n) is 5.95. The summed E-state index contributed by atoms with van der Waals surface area (Å²) < 4.78 is 27.4. The van der Waals surface area contributed by atoms with Crippen LogP contribution in [0.3, 0.4) is 0 Å². The number of aliphatic hydroxyl groups excluding tert-OH is 2. The largest absolute Gasteiger partial charge is 0.507 e. The van der Waals surface area contributed by atoms with Gasteiger partial charge in [0.25, 0.3) is 0 Å². The van der Waals surface area contributed by atoms with E-state index in [1.54, 1.807) is 6.26 Å². The first-order valence-corrected chi connectivity index (χ1v) is 10.7. The predicted molar refractivity (Wildman–Crippen MR) is 114 cm³/mol. The Morgan fingerprint density at radius 3 is 2.88 bits per heavy atom. The van der Waals surface area contributed by atoms with E-state index >= 15 is 0 Å². The first kappa shape index (κ1) is 21.9. The van der Waals surface area contributed by atoms with Crippen LogP contribution in [0.4, 0.5) is 0 Å². The number of carbonyl (C=O) groups excluding carboxylic acids is 1. The van der Waals surface area contributed by atoms with Crippen LogP contribution >= 0.6 is 0 Å². The molecule has 0 radical (unpaired) electrons. The van der Waals surface area contributed by atoms with Gasteiger partial charge in [-0.25, -0.2) is 0 Å². The first-order chi connectivity index (χ1) is 16.0. The third-order valence-corrected chi connectivity index (χ3v) is 5.95. The molecule has 9 heteroatoms. The van der Waals surface area contributed by atoms with Crippen LogP contribution < -0.4 is 4.74 Å². The van der Waals surface area contributed by atoms with Crippen LogP contribution in [0.2, 0.25) is 0 Å². The van der Waals surface area contributed by atoms with Gasteiger partial charge in [0.05, 0.1) is 12.9 Å². The Kier molecular flexibility index (Phi) is 6.05. The van der Waals surface area contributed by atoms with Crippen LogP contribution in [-0.4, -0.2) is 65.2 Å². The Bertz CT molecular complexity index is 1140. The highest BCUT2D eigenvalue weighted by Crippen LogP contribution is 2.33. The second kappa shape index (κ2) is 9.12. The number of hydrogen-bond donors (Lipinski definition) is 3. The summed E-state index contributed by atoms with van der Waals surface area (Å²) in [4.78, 5) is 13.0. The molecule has 9 nitrogen and oxygen atoms in total. The predicted octanol–water partition coefficient (Wildman–Crippen LogP) is 2.15. The van der Waals surface area contributed by atoms with E-state index < -0.39 is 30.7 Å². The van der Waals surface area contributed by atoms with Crippen molar-refractivity contribution in [2.45, 2.75) is 43.5 Å². The summed E-state index contributed by atoms with van der Waals surface area (Å²) in [6.45, 7) is 0.166. The molecule has 2 saturated heterocycles. The SMILES string of the molecule is O=C(CCc1ccc2occc2c1)c1c(O)cccc1O[C@@H]1O[C@@H]2COCO[C@H]2[C@H](O)[C@H]1O. The van der Waals surface area contributed by atoms with Gasteiger partial charge in [0, 0.05) is 11.8 Å². The van der Waals surface area contributed by atoms with Crippen LogP contribution in [-0.2, 0) is 20.6 Å². The normalized spacial score (nSPS) is 27.3. The maximum absolute atomic E-state index is 13.0. The van der Waals surface area contributed by atoms with E-state index in [2.05, 4.69) is 0 Å². The minimum Gasteiger partial charge on any atom is -0.507 e. The van der Waals surface area contributed by atoms with Crippen LogP contribution in [0.5, 0.6) is 11.5 Å². The highest BCUT2D eigenvalue weighted by atomic mass is 16.7. The summed E-state index contributed by atoms with van der Waals surface area (Å²) >= 11 is 0. The minimum atomic E-state index is -1.42. The monoisotopic (exact) mass is 456 g/mol. The molecule has 0 bridgehead atoms. The molecular formula is C24H24O9. The molecule has 2 aromatic carbocycles. The molecule has 0 saturated carbocycles. The molecule has 3 heterocycles. The molecule has 0 amide bonds. The number of aliphatic hydroxyl groups is 2. The van der Waals surface area contributed by atoms with Gasteiger partial charge in [0.2, 0.25) is 6.29 Å². The summed E-state index contributed by atoms with van der Waals surface area (Å²) in [6.07, 6.45) is -3.15. The fourth-order valence-electron chi connectivity index (χ4n) is 4.21. The van der Waals surface area contributed by atoms with Crippen molar-refractivity contribution < 1.29 is 43.5 Å². The number of aryl methyl sites for hydroxylation is 1. The van der Waals surface area contributed by atoms with Crippen molar-refractivity contribution in [1.82, 2.24) is 0 Å². The zero-order chi connectivity index (χ0) is 22.9. The number of Topliss-reactive ketones (excluding diaryl/α,β-unsaturated/α-hetero) is 1. The second-order valence-corrected chi connectivity index (χ2v) is 8.13. The van der Waals surface area contributed by atoms with E-state index in [0.29, 0.717) is 6.42 Å². The van der Waals surface area contributed by atoms with Gasteiger partial charge in [-0.2, -0.15) is 0 Å². The molecule has 1 aromatic heterocycles. The molecule has 5 rings (SSSR count). The maximum Gasteiger partial charge on any atom is 0.229 e. The Morgan fingerprint density at radius 1 is 1.12 bits per heavy atom. The molecule has 5 atom stereocenters. The van der Waals surface area contributed by atoms with Gasteiger partial charge in [-0.05, 0) is 42.3 Å². The molecule has 2 aliphatic rings. The standard InChI is InChI=1S/C24H24O9/c25-15-2-1-3-18(32-24-22(28)21(27)23-19(33-24)11-29-12-31-23)20(15)16(26)6-4-13-5-7-17-14(10-13)8-9-30-17/h1-3,5,7-10,19,21-25,27-28H,4,6,11-12H2/t19-,21-,22-,23-,24-/m1/s1. The van der Waals surface area contributed by atoms with Gasteiger partial charge in [-0.1, -0.05) is 12.1 Å². The van der Waals surface area contributed by atoms with Gasteiger partial charge < -0.3 is 38.7 Å². The van der Waals surface area contributed by atoms with E-state index in [1.165, 1.54) is 18.2 Å². The number of fused-ring (bicyclic) bond motifs is 2. The van der Waals surface area contributed by atoms with Gasteiger partial charge in [0.15, 0.2) is 5.78 Å². The van der Waals surface area contributed by atoms with Crippen LogP contribution in [0.15, 0.2) is 53.1 Å². The fraction of sp³-hybridized carbons (Fsp3) is 0.375. The summed E-state index contributed by atoms with van der Waals surface area (Å²) in [5, 5.41) is 32.2. The van der Waals surface area contributed by atoms with Crippen LogP contribution in [0.1, 0.15) is 22.3 Å². The van der Waals surface area contributed by atoms with E-state index in [1.807, 2.05) is 24.3 Å². The molecule has 2 fully saturated rings. The van der Waals surface area contributed by atoms with Crippen molar-refractivity contribution in [3.05, 3.63) is 59.9 Å². The molecule has 0 aliphatic carbocycles. The maximum atomic E-state index is 13.0. The number of aromatic hydroxyl groups is 1. The van der Waals surface area contributed by atoms with Crippen LogP contribution in [0, 0.1) is 0 Å². The average molecular weight is 456 g/mol. The second-order valence-electron chi connectivity index (χ2n) is 8.13. The van der Waals surface area contributed by atoms with Gasteiger partial charge in [-0.15, -0.1) is 0 Å². The lowest BCUT2D eigenvalue weighted by atomic mass is 9.98. The number of phenolic OH excluding ortho intramolecular Hbond substituents is 1. The summed E-state index contributed by atoms with van der Waals surface area (Å²) in [7, 11) is 0. The number of furan rings is 1. The molecule has 0 unspecified atom stereocenters. The van der Waals surface area contributed by atoms with Gasteiger partial charge in [0.1, 0.15) is 53.9 Å². The summed E-state index contributed by atoms with van der Waals surface area (Å²) in [5.74, 6) is -0.517. The van der Waals surface area contributed by atoms with E-state index in [0.717, 1.165) is 16.5 Å². The van der Waals surface area contributed by atoms with Crippen molar-refractivity contribution in [2.75, 3.05) is 13.4 Å². The summed E-state index contributed by atoms with van der Waals surface area (Å²) in [5.41, 5.74) is 1.71. The van der Waals surface area contributed by atoms with Crippen molar-refractivity contribution in [1.29, 1.82) is 0 Å². The smallest absolute Gasteiger partial charge is 0.229 e. The van der Waals surface area contributed by atoms with E-state index in [9.17, 15) is 20.1 Å². The molecule has 2 aliphatic heterocycles. The lowest BCUT2D eigenvalue weighted by molar-refractivity contribution is -0.323. The molecule has 3 aromatic rings. The van der Waals surface area contributed by atoms with Gasteiger partial charge in [-0.3, -0.25) is 4.79 Å². The fourth-order valence-corrected chi connectivity index (χ4v) is 4.21. The minimum absolute atomic E-state index is 0.00142.